The summed E-state index contributed by atoms with van der Waals surface area (Å²) in [6.45, 7) is 0.508. The molecule has 0 spiro atoms. The molecule has 2 aliphatic rings. The molecule has 7 heteroatoms. The van der Waals surface area contributed by atoms with Gasteiger partial charge in [0.2, 0.25) is 17.7 Å². The van der Waals surface area contributed by atoms with Crippen LogP contribution < -0.4 is 16.8 Å². The van der Waals surface area contributed by atoms with E-state index in [4.69, 9.17) is 11.5 Å². The summed E-state index contributed by atoms with van der Waals surface area (Å²) in [7, 11) is 0. The molecule has 1 saturated heterocycles. The molecule has 3 amide bonds. The molecular weight excluding hydrogens is 248 g/mol. The molecule has 0 bridgehead atoms. The second-order valence-electron chi connectivity index (χ2n) is 5.25. The van der Waals surface area contributed by atoms with E-state index in [2.05, 4.69) is 5.32 Å². The predicted molar refractivity (Wildman–Crippen MR) is 67.7 cm³/mol. The van der Waals surface area contributed by atoms with Crippen LogP contribution >= 0.6 is 0 Å². The summed E-state index contributed by atoms with van der Waals surface area (Å²) in [6.07, 6.45) is 3.25. The van der Waals surface area contributed by atoms with Crippen LogP contribution in [0.5, 0.6) is 0 Å². The van der Waals surface area contributed by atoms with Gasteiger partial charge in [-0.15, -0.1) is 0 Å². The maximum atomic E-state index is 12.1. The third kappa shape index (κ3) is 3.44. The van der Waals surface area contributed by atoms with E-state index in [0.717, 1.165) is 19.3 Å². The van der Waals surface area contributed by atoms with E-state index in [0.29, 0.717) is 13.0 Å². The van der Waals surface area contributed by atoms with Gasteiger partial charge in [-0.25, -0.2) is 0 Å². The van der Waals surface area contributed by atoms with Gasteiger partial charge in [-0.3, -0.25) is 14.4 Å². The Balaban J connectivity index is 1.94. The first-order valence-corrected chi connectivity index (χ1v) is 6.63. The van der Waals surface area contributed by atoms with Crippen LogP contribution in [0.15, 0.2) is 0 Å². The van der Waals surface area contributed by atoms with Crippen LogP contribution in [-0.2, 0) is 14.4 Å². The summed E-state index contributed by atoms with van der Waals surface area (Å²) in [6, 6.07) is -1.14. The summed E-state index contributed by atoms with van der Waals surface area (Å²) >= 11 is 0. The van der Waals surface area contributed by atoms with E-state index in [1.54, 1.807) is 0 Å². The van der Waals surface area contributed by atoms with Crippen molar-refractivity contribution in [2.45, 2.75) is 50.2 Å². The number of carbonyl (C=O) groups excluding carboxylic acids is 3. The molecule has 2 unspecified atom stereocenters. The first kappa shape index (κ1) is 13.8. The van der Waals surface area contributed by atoms with Gasteiger partial charge in [0.1, 0.15) is 6.04 Å². The molecule has 0 aromatic heterocycles. The van der Waals surface area contributed by atoms with Crippen molar-refractivity contribution in [3.05, 3.63) is 0 Å². The van der Waals surface area contributed by atoms with Gasteiger partial charge in [-0.05, 0) is 25.7 Å². The van der Waals surface area contributed by atoms with Gasteiger partial charge in [-0.1, -0.05) is 0 Å². The lowest BCUT2D eigenvalue weighted by Crippen LogP contribution is -2.52. The molecule has 7 nitrogen and oxygen atoms in total. The lowest BCUT2D eigenvalue weighted by molar-refractivity contribution is -0.140. The fraction of sp³-hybridized carbons (Fsp3) is 0.750. The first-order valence-electron chi connectivity index (χ1n) is 6.63. The number of rotatable bonds is 5. The van der Waals surface area contributed by atoms with Crippen molar-refractivity contribution >= 4 is 17.7 Å². The number of nitrogens with two attached hydrogens (primary N) is 2. The molecule has 2 fully saturated rings. The Morgan fingerprint density at radius 2 is 1.95 bits per heavy atom. The van der Waals surface area contributed by atoms with Gasteiger partial charge in [0.15, 0.2) is 0 Å². The molecule has 19 heavy (non-hydrogen) atoms. The van der Waals surface area contributed by atoms with Crippen LogP contribution in [0.4, 0.5) is 0 Å². The number of carbonyl (C=O) groups is 3. The maximum Gasteiger partial charge on any atom is 0.243 e. The fourth-order valence-electron chi connectivity index (χ4n) is 2.35. The van der Waals surface area contributed by atoms with Crippen molar-refractivity contribution in [1.29, 1.82) is 0 Å². The molecule has 2 atom stereocenters. The number of hydrogen-bond donors (Lipinski definition) is 3. The number of primary amides is 1. The third-order valence-electron chi connectivity index (χ3n) is 3.50. The zero-order valence-corrected chi connectivity index (χ0v) is 10.8. The van der Waals surface area contributed by atoms with Crippen molar-refractivity contribution < 1.29 is 14.4 Å². The predicted octanol–water partition coefficient (Wildman–Crippen LogP) is -1.54. The largest absolute Gasteiger partial charge is 0.370 e. The zero-order valence-electron chi connectivity index (χ0n) is 10.8. The fourth-order valence-corrected chi connectivity index (χ4v) is 2.35. The summed E-state index contributed by atoms with van der Waals surface area (Å²) in [5, 5.41) is 2.90. The van der Waals surface area contributed by atoms with Crippen LogP contribution in [-0.4, -0.2) is 47.3 Å². The van der Waals surface area contributed by atoms with E-state index >= 15 is 0 Å². The molecule has 0 aromatic rings. The standard InChI is InChI=1S/C12H20N4O3/c13-8(6-10(14)17)12(19)16-5-1-2-9(16)11(18)15-7-3-4-7/h7-9H,1-6,13H2,(H2,14,17)(H,15,18). The maximum absolute atomic E-state index is 12.1. The molecule has 1 heterocycles. The lowest BCUT2D eigenvalue weighted by Gasteiger charge is -2.26. The highest BCUT2D eigenvalue weighted by atomic mass is 16.2. The van der Waals surface area contributed by atoms with Gasteiger partial charge >= 0.3 is 0 Å². The Labute approximate surface area is 111 Å². The molecule has 0 aromatic carbocycles. The minimum absolute atomic E-state index is 0.111. The van der Waals surface area contributed by atoms with Gasteiger partial charge in [0.05, 0.1) is 12.5 Å². The molecule has 0 radical (unpaired) electrons. The number of likely N-dealkylation sites (tertiary alicyclic amines) is 1. The molecule has 106 valence electrons. The molecule has 1 saturated carbocycles. The summed E-state index contributed by atoms with van der Waals surface area (Å²) in [4.78, 5) is 36.4. The Bertz CT molecular complexity index is 394. The molecule has 1 aliphatic carbocycles. The Morgan fingerprint density at radius 1 is 1.26 bits per heavy atom. The van der Waals surface area contributed by atoms with E-state index < -0.39 is 18.0 Å². The number of amides is 3. The first-order chi connectivity index (χ1) is 8.99. The number of nitrogens with one attached hydrogen (secondary N) is 1. The van der Waals surface area contributed by atoms with Crippen LogP contribution in [0.2, 0.25) is 0 Å². The Hall–Kier alpha value is -1.63. The highest BCUT2D eigenvalue weighted by Crippen LogP contribution is 2.22. The van der Waals surface area contributed by atoms with Gasteiger partial charge in [0, 0.05) is 12.6 Å². The summed E-state index contributed by atoms with van der Waals surface area (Å²) in [5.74, 6) is -1.09. The minimum Gasteiger partial charge on any atom is -0.370 e. The lowest BCUT2D eigenvalue weighted by atomic mass is 10.1. The van der Waals surface area contributed by atoms with Crippen molar-refractivity contribution in [3.8, 4) is 0 Å². The van der Waals surface area contributed by atoms with Gasteiger partial charge in [0.25, 0.3) is 0 Å². The molecule has 1 aliphatic heterocycles. The highest BCUT2D eigenvalue weighted by molar-refractivity contribution is 5.92. The summed E-state index contributed by atoms with van der Waals surface area (Å²) < 4.78 is 0. The van der Waals surface area contributed by atoms with Crippen molar-refractivity contribution in [2.24, 2.45) is 11.5 Å². The summed E-state index contributed by atoms with van der Waals surface area (Å²) in [5.41, 5.74) is 10.7. The molecule has 2 rings (SSSR count). The second-order valence-corrected chi connectivity index (χ2v) is 5.25. The van der Waals surface area contributed by atoms with Gasteiger partial charge in [-0.2, -0.15) is 0 Å². The van der Waals surface area contributed by atoms with Crippen LogP contribution in [0, 0.1) is 0 Å². The van der Waals surface area contributed by atoms with Crippen molar-refractivity contribution in [3.63, 3.8) is 0 Å². The highest BCUT2D eigenvalue weighted by Gasteiger charge is 2.38. The van der Waals surface area contributed by atoms with Gasteiger partial charge < -0.3 is 21.7 Å². The average Bonchev–Trinajstić information content (AvgIpc) is 3.01. The quantitative estimate of drug-likeness (QED) is 0.559. The molecular formula is C12H20N4O3. The van der Waals surface area contributed by atoms with E-state index in [9.17, 15) is 14.4 Å². The zero-order chi connectivity index (χ0) is 14.0. The Kier molecular flexibility index (Phi) is 4.04. The number of nitrogens with zero attached hydrogens (tertiary/aromatic N) is 1. The van der Waals surface area contributed by atoms with E-state index in [1.807, 2.05) is 0 Å². The topological polar surface area (TPSA) is 119 Å². The Morgan fingerprint density at radius 3 is 2.53 bits per heavy atom. The van der Waals surface area contributed by atoms with E-state index in [-0.39, 0.29) is 24.3 Å². The van der Waals surface area contributed by atoms with Crippen LogP contribution in [0.3, 0.4) is 0 Å². The molecule has 5 N–H and O–H groups in total. The van der Waals surface area contributed by atoms with Crippen LogP contribution in [0.1, 0.15) is 32.1 Å². The average molecular weight is 268 g/mol. The SMILES string of the molecule is NC(=O)CC(N)C(=O)N1CCCC1C(=O)NC1CC1. The minimum atomic E-state index is -0.952. The third-order valence-corrected chi connectivity index (χ3v) is 3.50. The van der Waals surface area contributed by atoms with Crippen molar-refractivity contribution in [1.82, 2.24) is 10.2 Å². The van der Waals surface area contributed by atoms with E-state index in [1.165, 1.54) is 4.90 Å². The van der Waals surface area contributed by atoms with Crippen LogP contribution in [0.25, 0.3) is 0 Å². The van der Waals surface area contributed by atoms with Crippen molar-refractivity contribution in [2.75, 3.05) is 6.54 Å². The number of hydrogen-bond acceptors (Lipinski definition) is 4. The smallest absolute Gasteiger partial charge is 0.243 e. The normalized spacial score (nSPS) is 24.1. The monoisotopic (exact) mass is 268 g/mol. The second kappa shape index (κ2) is 5.56.